The second-order valence-electron chi connectivity index (χ2n) is 5.10. The predicted octanol–water partition coefficient (Wildman–Crippen LogP) is 1.55. The summed E-state index contributed by atoms with van der Waals surface area (Å²) in [4.78, 5) is 31.5. The highest BCUT2D eigenvalue weighted by Gasteiger charge is 2.14. The number of aromatic nitrogens is 4. The average molecular weight is 310 g/mol. The molecule has 3 heterocycles. The number of nitrogens with zero attached hydrogens (tertiary/aromatic N) is 3. The first-order chi connectivity index (χ1) is 11.1. The molecule has 0 bridgehead atoms. The fourth-order valence-electron chi connectivity index (χ4n) is 2.30. The molecule has 0 atom stereocenters. The molecule has 3 aromatic heterocycles. The second-order valence-corrected chi connectivity index (χ2v) is 5.10. The topological polar surface area (TPSA) is 101 Å². The molecule has 116 valence electrons. The minimum absolute atomic E-state index is 0.0701. The lowest BCUT2D eigenvalue weighted by Gasteiger charge is -2.00. The summed E-state index contributed by atoms with van der Waals surface area (Å²) >= 11 is 0. The highest BCUT2D eigenvalue weighted by Crippen LogP contribution is 2.10. The zero-order valence-corrected chi connectivity index (χ0v) is 12.4. The van der Waals surface area contributed by atoms with Crippen LogP contribution >= 0.6 is 0 Å². The molecule has 0 amide bonds. The van der Waals surface area contributed by atoms with Gasteiger partial charge >= 0.3 is 5.97 Å². The van der Waals surface area contributed by atoms with Gasteiger partial charge in [0, 0.05) is 36.3 Å². The van der Waals surface area contributed by atoms with E-state index in [2.05, 4.69) is 15.1 Å². The van der Waals surface area contributed by atoms with Crippen LogP contribution in [-0.2, 0) is 6.42 Å². The summed E-state index contributed by atoms with van der Waals surface area (Å²) in [5.74, 6) is -0.711. The number of aromatic carboxylic acids is 1. The number of hydrogen-bond acceptors (Lipinski definition) is 4. The van der Waals surface area contributed by atoms with E-state index in [1.165, 1.54) is 23.0 Å². The molecule has 0 saturated carbocycles. The maximum atomic E-state index is 12.6. The number of H-pyrrole nitrogens is 1. The molecule has 0 aliphatic rings. The monoisotopic (exact) mass is 310 g/mol. The van der Waals surface area contributed by atoms with Gasteiger partial charge in [-0.15, -0.1) is 0 Å². The van der Waals surface area contributed by atoms with E-state index in [0.717, 1.165) is 11.3 Å². The summed E-state index contributed by atoms with van der Waals surface area (Å²) in [6, 6.07) is 6.63. The molecule has 23 heavy (non-hydrogen) atoms. The largest absolute Gasteiger partial charge is 0.478 e. The quantitative estimate of drug-likeness (QED) is 0.761. The minimum Gasteiger partial charge on any atom is -0.478 e. The normalized spacial score (nSPS) is 10.7. The Labute approximate surface area is 131 Å². The Hall–Kier alpha value is -3.22. The van der Waals surface area contributed by atoms with Gasteiger partial charge in [-0.2, -0.15) is 0 Å². The summed E-state index contributed by atoms with van der Waals surface area (Å²) in [5, 5.41) is 11.9. The predicted molar refractivity (Wildman–Crippen MR) is 82.9 cm³/mol. The molecule has 0 aliphatic carbocycles. The summed E-state index contributed by atoms with van der Waals surface area (Å²) in [6.07, 6.45) is 5.09. The summed E-state index contributed by atoms with van der Waals surface area (Å²) < 4.78 is 1.31. The minimum atomic E-state index is -1.06. The van der Waals surface area contributed by atoms with Gasteiger partial charge < -0.3 is 5.11 Å². The summed E-state index contributed by atoms with van der Waals surface area (Å²) in [7, 11) is 0. The first-order valence-corrected chi connectivity index (χ1v) is 6.95. The van der Waals surface area contributed by atoms with Crippen LogP contribution in [-0.4, -0.2) is 30.8 Å². The standard InChI is InChI=1S/C16H14N4O3/c1-10-13(7-11-3-2-6-17-8-11)15(21)20(19-10)14-5-4-12(9-18-14)16(22)23/h2-6,8-9,19H,7H2,1H3,(H,22,23). The molecular formula is C16H14N4O3. The van der Waals surface area contributed by atoms with E-state index in [-0.39, 0.29) is 11.1 Å². The molecule has 7 nitrogen and oxygen atoms in total. The Morgan fingerprint density at radius 3 is 2.74 bits per heavy atom. The number of nitrogens with one attached hydrogen (secondary N) is 1. The molecule has 0 fully saturated rings. The molecule has 0 saturated heterocycles. The Morgan fingerprint density at radius 1 is 1.30 bits per heavy atom. The Morgan fingerprint density at radius 2 is 2.13 bits per heavy atom. The lowest BCUT2D eigenvalue weighted by Crippen LogP contribution is -2.18. The number of aromatic amines is 1. The van der Waals surface area contributed by atoms with Crippen molar-refractivity contribution in [1.82, 2.24) is 19.7 Å². The number of carboxylic acid groups (broad SMARTS) is 1. The number of rotatable bonds is 4. The van der Waals surface area contributed by atoms with Crippen molar-refractivity contribution in [2.75, 3.05) is 0 Å². The third-order valence-electron chi connectivity index (χ3n) is 3.52. The SMILES string of the molecule is Cc1[nH]n(-c2ccc(C(=O)O)cn2)c(=O)c1Cc1cccnc1. The van der Waals surface area contributed by atoms with Gasteiger partial charge in [0.25, 0.3) is 5.56 Å². The van der Waals surface area contributed by atoms with Crippen LogP contribution in [0.15, 0.2) is 47.7 Å². The number of carbonyl (C=O) groups is 1. The maximum absolute atomic E-state index is 12.6. The lowest BCUT2D eigenvalue weighted by molar-refractivity contribution is 0.0696. The lowest BCUT2D eigenvalue weighted by atomic mass is 10.1. The molecule has 0 unspecified atom stereocenters. The van der Waals surface area contributed by atoms with Gasteiger partial charge in [-0.1, -0.05) is 6.07 Å². The molecule has 7 heteroatoms. The van der Waals surface area contributed by atoms with Crippen molar-refractivity contribution in [3.05, 3.63) is 75.6 Å². The van der Waals surface area contributed by atoms with E-state index in [0.29, 0.717) is 17.8 Å². The van der Waals surface area contributed by atoms with Crippen LogP contribution in [0.25, 0.3) is 5.82 Å². The van der Waals surface area contributed by atoms with Gasteiger partial charge in [0.2, 0.25) is 0 Å². The molecule has 3 rings (SSSR count). The van der Waals surface area contributed by atoms with E-state index < -0.39 is 5.97 Å². The van der Waals surface area contributed by atoms with Crippen LogP contribution in [0.4, 0.5) is 0 Å². The second kappa shape index (κ2) is 5.88. The molecule has 3 aromatic rings. The van der Waals surface area contributed by atoms with Gasteiger partial charge in [-0.05, 0) is 30.7 Å². The van der Waals surface area contributed by atoms with Crippen LogP contribution in [0.2, 0.25) is 0 Å². The summed E-state index contributed by atoms with van der Waals surface area (Å²) in [5.41, 5.74) is 2.17. The number of aryl methyl sites for hydroxylation is 1. The van der Waals surface area contributed by atoms with Gasteiger partial charge in [-0.3, -0.25) is 14.9 Å². The third-order valence-corrected chi connectivity index (χ3v) is 3.52. The van der Waals surface area contributed by atoms with Crippen LogP contribution in [0.1, 0.15) is 27.2 Å². The van der Waals surface area contributed by atoms with Gasteiger partial charge in [0.1, 0.15) is 0 Å². The number of pyridine rings is 2. The van der Waals surface area contributed by atoms with Crippen molar-refractivity contribution in [3.8, 4) is 5.82 Å². The van der Waals surface area contributed by atoms with E-state index in [4.69, 9.17) is 5.11 Å². The van der Waals surface area contributed by atoms with Crippen LogP contribution < -0.4 is 5.56 Å². The van der Waals surface area contributed by atoms with Crippen molar-refractivity contribution in [1.29, 1.82) is 0 Å². The zero-order chi connectivity index (χ0) is 16.4. The Balaban J connectivity index is 1.97. The molecular weight excluding hydrogens is 296 g/mol. The molecule has 0 aromatic carbocycles. The first-order valence-electron chi connectivity index (χ1n) is 6.95. The highest BCUT2D eigenvalue weighted by molar-refractivity contribution is 5.87. The molecule has 2 N–H and O–H groups in total. The highest BCUT2D eigenvalue weighted by atomic mass is 16.4. The van der Waals surface area contributed by atoms with E-state index in [1.54, 1.807) is 12.4 Å². The third kappa shape index (κ3) is 2.89. The number of carboxylic acids is 1. The smallest absolute Gasteiger partial charge is 0.337 e. The van der Waals surface area contributed by atoms with Crippen molar-refractivity contribution >= 4 is 5.97 Å². The zero-order valence-electron chi connectivity index (χ0n) is 12.4. The molecule has 0 radical (unpaired) electrons. The van der Waals surface area contributed by atoms with E-state index >= 15 is 0 Å². The average Bonchev–Trinajstić information content (AvgIpc) is 2.84. The molecule has 0 spiro atoms. The van der Waals surface area contributed by atoms with Crippen LogP contribution in [0.3, 0.4) is 0 Å². The van der Waals surface area contributed by atoms with Crippen molar-refractivity contribution < 1.29 is 9.90 Å². The van der Waals surface area contributed by atoms with Gasteiger partial charge in [0.15, 0.2) is 5.82 Å². The molecule has 0 aliphatic heterocycles. The van der Waals surface area contributed by atoms with Crippen molar-refractivity contribution in [2.45, 2.75) is 13.3 Å². The van der Waals surface area contributed by atoms with Crippen LogP contribution in [0, 0.1) is 6.92 Å². The Kier molecular flexibility index (Phi) is 3.76. The summed E-state index contributed by atoms with van der Waals surface area (Å²) in [6.45, 7) is 1.81. The Bertz CT molecular complexity index is 895. The fourth-order valence-corrected chi connectivity index (χ4v) is 2.30. The van der Waals surface area contributed by atoms with Crippen molar-refractivity contribution in [3.63, 3.8) is 0 Å². The maximum Gasteiger partial charge on any atom is 0.337 e. The number of hydrogen-bond donors (Lipinski definition) is 2. The van der Waals surface area contributed by atoms with Gasteiger partial charge in [0.05, 0.1) is 5.56 Å². The van der Waals surface area contributed by atoms with Gasteiger partial charge in [-0.25, -0.2) is 14.5 Å². The fraction of sp³-hybridized carbons (Fsp3) is 0.125. The van der Waals surface area contributed by atoms with Crippen molar-refractivity contribution in [2.24, 2.45) is 0 Å². The van der Waals surface area contributed by atoms with E-state index in [1.807, 2.05) is 19.1 Å². The first kappa shape index (κ1) is 14.7. The van der Waals surface area contributed by atoms with Crippen LogP contribution in [0.5, 0.6) is 0 Å². The van der Waals surface area contributed by atoms with E-state index in [9.17, 15) is 9.59 Å².